The van der Waals surface area contributed by atoms with Gasteiger partial charge in [-0.1, -0.05) is 29.8 Å². The van der Waals surface area contributed by atoms with E-state index in [4.69, 9.17) is 4.74 Å². The number of benzene rings is 3. The number of nitrogens with one attached hydrogen (secondary N) is 3. The minimum absolute atomic E-state index is 0.256. The van der Waals surface area contributed by atoms with Gasteiger partial charge in [0.05, 0.1) is 12.8 Å². The summed E-state index contributed by atoms with van der Waals surface area (Å²) in [4.78, 5) is 22.1. The number of rotatable bonds is 8. The number of carbonyl (C=O) groups is 1. The largest absolute Gasteiger partial charge is 0.497 e. The molecule has 3 aromatic carbocycles. The summed E-state index contributed by atoms with van der Waals surface area (Å²) < 4.78 is 6.86. The van der Waals surface area contributed by atoms with E-state index in [1.807, 2.05) is 85.8 Å². The number of hydrogen-bond acceptors (Lipinski definition) is 7. The number of ether oxygens (including phenoxy) is 1. The summed E-state index contributed by atoms with van der Waals surface area (Å²) in [5.41, 5.74) is 6.42. The lowest BCUT2D eigenvalue weighted by atomic mass is 10.1. The van der Waals surface area contributed by atoms with Crippen LogP contribution >= 0.6 is 0 Å². The zero-order chi connectivity index (χ0) is 27.4. The lowest BCUT2D eigenvalue weighted by Crippen LogP contribution is -2.16. The molecule has 1 amide bonds. The third-order valence-electron chi connectivity index (χ3n) is 6.06. The fourth-order valence-electron chi connectivity index (χ4n) is 4.04. The molecule has 0 unspecified atom stereocenters. The maximum Gasteiger partial charge on any atom is 0.273 e. The van der Waals surface area contributed by atoms with E-state index in [1.165, 1.54) is 5.56 Å². The lowest BCUT2D eigenvalue weighted by molar-refractivity contribution is 0.101. The minimum Gasteiger partial charge on any atom is -0.497 e. The second kappa shape index (κ2) is 11.1. The second-order valence-corrected chi connectivity index (χ2v) is 9.14. The van der Waals surface area contributed by atoms with Crippen LogP contribution in [0.15, 0.2) is 84.9 Å². The van der Waals surface area contributed by atoms with E-state index in [9.17, 15) is 4.79 Å². The van der Waals surface area contributed by atoms with E-state index >= 15 is 0 Å². The summed E-state index contributed by atoms with van der Waals surface area (Å²) in [7, 11) is 3.36. The first-order valence-corrected chi connectivity index (χ1v) is 12.4. The molecule has 5 aromatic rings. The van der Waals surface area contributed by atoms with Crippen molar-refractivity contribution in [3.63, 3.8) is 0 Å². The Labute approximate surface area is 226 Å². The summed E-state index contributed by atoms with van der Waals surface area (Å²) in [6.45, 7) is 3.97. The third kappa shape index (κ3) is 6.22. The first-order valence-electron chi connectivity index (χ1n) is 12.4. The minimum atomic E-state index is -0.256. The number of amides is 1. The van der Waals surface area contributed by atoms with Crippen LogP contribution in [0.2, 0.25) is 0 Å². The van der Waals surface area contributed by atoms with Crippen LogP contribution in [0.1, 0.15) is 21.7 Å². The van der Waals surface area contributed by atoms with Gasteiger partial charge in [-0.05, 0) is 68.4 Å². The van der Waals surface area contributed by atoms with Crippen LogP contribution in [0.4, 0.5) is 28.8 Å². The van der Waals surface area contributed by atoms with E-state index in [-0.39, 0.29) is 5.91 Å². The second-order valence-electron chi connectivity index (χ2n) is 9.14. The van der Waals surface area contributed by atoms with E-state index in [2.05, 4.69) is 37.9 Å². The standard InChI is InChI=1S/C30H29N7O2/c1-19-8-10-22(11-9-19)32-28-16-20(2)31-30(35-28)34-24-14-12-23(13-15-24)33-29(38)27-18-26(36-37(27)3)21-6-5-7-25(17-21)39-4/h5-18H,1-4H3,(H,33,38)(H2,31,32,34,35). The fraction of sp³-hybridized carbons (Fsp3) is 0.133. The van der Waals surface area contributed by atoms with E-state index in [0.29, 0.717) is 28.8 Å². The zero-order valence-corrected chi connectivity index (χ0v) is 22.2. The SMILES string of the molecule is COc1cccc(-c2cc(C(=O)Nc3ccc(Nc4nc(C)cc(Nc5ccc(C)cc5)n4)cc3)n(C)n2)c1. The van der Waals surface area contributed by atoms with Gasteiger partial charge in [-0.25, -0.2) is 4.98 Å². The monoisotopic (exact) mass is 519 g/mol. The Morgan fingerprint density at radius 3 is 2.26 bits per heavy atom. The van der Waals surface area contributed by atoms with Crippen molar-refractivity contribution in [1.29, 1.82) is 0 Å². The first kappa shape index (κ1) is 25.5. The van der Waals surface area contributed by atoms with Gasteiger partial charge in [0.25, 0.3) is 5.91 Å². The predicted octanol–water partition coefficient (Wildman–Crippen LogP) is 6.24. The van der Waals surface area contributed by atoms with Crippen LogP contribution in [-0.4, -0.2) is 32.8 Å². The molecule has 0 aliphatic rings. The summed E-state index contributed by atoms with van der Waals surface area (Å²) in [5.74, 6) is 1.64. The van der Waals surface area contributed by atoms with Gasteiger partial charge in [-0.2, -0.15) is 10.1 Å². The molecule has 3 N–H and O–H groups in total. The van der Waals surface area contributed by atoms with Gasteiger partial charge in [-0.15, -0.1) is 0 Å². The van der Waals surface area contributed by atoms with E-state index < -0.39 is 0 Å². The molecule has 5 rings (SSSR count). The number of nitrogens with zero attached hydrogens (tertiary/aromatic N) is 4. The van der Waals surface area contributed by atoms with Crippen LogP contribution in [0.25, 0.3) is 11.3 Å². The van der Waals surface area contributed by atoms with Gasteiger partial charge in [-0.3, -0.25) is 9.48 Å². The molecule has 9 heteroatoms. The smallest absolute Gasteiger partial charge is 0.273 e. The summed E-state index contributed by atoms with van der Waals surface area (Å²) in [5, 5.41) is 14.0. The average Bonchev–Trinajstić information content (AvgIpc) is 3.32. The van der Waals surface area contributed by atoms with Crippen LogP contribution in [0.5, 0.6) is 5.75 Å². The van der Waals surface area contributed by atoms with Gasteiger partial charge in [0, 0.05) is 41.4 Å². The van der Waals surface area contributed by atoms with Gasteiger partial charge < -0.3 is 20.7 Å². The highest BCUT2D eigenvalue weighted by molar-refractivity contribution is 6.03. The molecule has 196 valence electrons. The molecule has 0 saturated carbocycles. The number of hydrogen-bond donors (Lipinski definition) is 3. The quantitative estimate of drug-likeness (QED) is 0.223. The summed E-state index contributed by atoms with van der Waals surface area (Å²) in [6.07, 6.45) is 0. The third-order valence-corrected chi connectivity index (χ3v) is 6.06. The molecule has 0 spiro atoms. The molecule has 0 atom stereocenters. The molecule has 9 nitrogen and oxygen atoms in total. The molecule has 2 aromatic heterocycles. The Balaban J connectivity index is 1.25. The summed E-state index contributed by atoms with van der Waals surface area (Å²) in [6, 6.07) is 26.7. The van der Waals surface area contributed by atoms with Crippen molar-refractivity contribution in [3.05, 3.63) is 102 Å². The normalized spacial score (nSPS) is 10.7. The van der Waals surface area contributed by atoms with Gasteiger partial charge >= 0.3 is 0 Å². The van der Waals surface area contributed by atoms with E-state index in [1.54, 1.807) is 24.9 Å². The molecule has 0 aliphatic carbocycles. The predicted molar refractivity (Wildman–Crippen MR) is 154 cm³/mol. The van der Waals surface area contributed by atoms with Gasteiger partial charge in [0.1, 0.15) is 17.3 Å². The molecule has 0 bridgehead atoms. The fourth-order valence-corrected chi connectivity index (χ4v) is 4.04. The Bertz CT molecular complexity index is 1610. The number of carbonyl (C=O) groups excluding carboxylic acids is 1. The Kier molecular flexibility index (Phi) is 7.22. The molecule has 0 saturated heterocycles. The Morgan fingerprint density at radius 2 is 1.51 bits per heavy atom. The number of aryl methyl sites for hydroxylation is 3. The molecule has 2 heterocycles. The first-order chi connectivity index (χ1) is 18.9. The number of anilines is 5. The van der Waals surface area contributed by atoms with Gasteiger partial charge in [0.15, 0.2) is 0 Å². The molecule has 0 aliphatic heterocycles. The molecule has 0 radical (unpaired) electrons. The average molecular weight is 520 g/mol. The van der Waals surface area contributed by atoms with Crippen molar-refractivity contribution in [2.45, 2.75) is 13.8 Å². The summed E-state index contributed by atoms with van der Waals surface area (Å²) >= 11 is 0. The van der Waals surface area contributed by atoms with Crippen molar-refractivity contribution in [3.8, 4) is 17.0 Å². The van der Waals surface area contributed by atoms with E-state index in [0.717, 1.165) is 28.4 Å². The molecule has 0 fully saturated rings. The lowest BCUT2D eigenvalue weighted by Gasteiger charge is -2.11. The molecule has 39 heavy (non-hydrogen) atoms. The number of methoxy groups -OCH3 is 1. The van der Waals surface area contributed by atoms with Crippen molar-refractivity contribution in [2.75, 3.05) is 23.1 Å². The van der Waals surface area contributed by atoms with Crippen molar-refractivity contribution < 1.29 is 9.53 Å². The van der Waals surface area contributed by atoms with Crippen molar-refractivity contribution in [1.82, 2.24) is 19.7 Å². The van der Waals surface area contributed by atoms with Crippen molar-refractivity contribution in [2.24, 2.45) is 7.05 Å². The Morgan fingerprint density at radius 1 is 0.821 bits per heavy atom. The van der Waals surface area contributed by atoms with Crippen LogP contribution < -0.4 is 20.7 Å². The maximum atomic E-state index is 13.0. The van der Waals surface area contributed by atoms with Crippen LogP contribution in [0.3, 0.4) is 0 Å². The molecular formula is C30H29N7O2. The highest BCUT2D eigenvalue weighted by atomic mass is 16.5. The molecular weight excluding hydrogens is 490 g/mol. The van der Waals surface area contributed by atoms with Gasteiger partial charge in [0.2, 0.25) is 5.95 Å². The highest BCUT2D eigenvalue weighted by Gasteiger charge is 2.15. The van der Waals surface area contributed by atoms with Crippen LogP contribution in [0, 0.1) is 13.8 Å². The van der Waals surface area contributed by atoms with Crippen molar-refractivity contribution >= 4 is 34.7 Å². The van der Waals surface area contributed by atoms with Crippen LogP contribution in [-0.2, 0) is 7.05 Å². The zero-order valence-electron chi connectivity index (χ0n) is 22.2. The Hall–Kier alpha value is -5.18. The number of aromatic nitrogens is 4. The maximum absolute atomic E-state index is 13.0. The topological polar surface area (TPSA) is 106 Å². The highest BCUT2D eigenvalue weighted by Crippen LogP contribution is 2.25.